The lowest BCUT2D eigenvalue weighted by atomic mass is 10.1. The Morgan fingerprint density at radius 3 is 2.27 bits per heavy atom. The van der Waals surface area contributed by atoms with Gasteiger partial charge in [-0.15, -0.1) is 23.1 Å². The van der Waals surface area contributed by atoms with Crippen LogP contribution in [0.15, 0.2) is 47.4 Å². The van der Waals surface area contributed by atoms with Gasteiger partial charge in [0.1, 0.15) is 17.0 Å². The molecule has 5 heterocycles. The maximum absolute atomic E-state index is 13.7. The van der Waals surface area contributed by atoms with Crippen LogP contribution < -0.4 is 26.8 Å². The molecule has 328 valence electrons. The van der Waals surface area contributed by atoms with E-state index in [0.29, 0.717) is 88.4 Å². The quantitative estimate of drug-likeness (QED) is 0.0317. The third kappa shape index (κ3) is 9.63. The fourth-order valence-corrected chi connectivity index (χ4v) is 9.11. The van der Waals surface area contributed by atoms with Gasteiger partial charge < -0.3 is 40.5 Å². The number of ether oxygens (including phenoxy) is 2. The van der Waals surface area contributed by atoms with Crippen LogP contribution in [0.4, 0.5) is 11.9 Å². The maximum Gasteiger partial charge on any atom is 0.276 e. The molecule has 0 bridgehead atoms. The van der Waals surface area contributed by atoms with Gasteiger partial charge in [-0.25, -0.2) is 15.0 Å². The number of nitrogens with zero attached hydrogens (tertiary/aromatic N) is 8. The molecule has 20 heteroatoms. The standard InChI is InChI=1S/C42H52N12O6S2/c1-6-28-36(62-25(4)45-28)40(58)49-42-46-29-20-26(37(43)55)22-32(60-16-10-11-51-14-17-59-18-15-51)34(29)52(42)12-8-9-13-53-35-30(21-27(38(44)56)23-33(35)61-5)47-41(53)48-39(57)31-19-24(3)50-54(31)7-2/h8-9,19-23,40,58H,6-7,10-18H2,1-5H3,(H2,43,55)(H2,44,56)(H,46,49)(H,47,48,57)/b9-8+. The minimum absolute atomic E-state index is 0.238. The van der Waals surface area contributed by atoms with Crippen LogP contribution in [0.1, 0.15) is 79.0 Å². The number of nitrogens with one attached hydrogen (secondary N) is 2. The number of thiazole rings is 1. The summed E-state index contributed by atoms with van der Waals surface area (Å²) in [5, 5.41) is 23.0. The molecule has 1 aliphatic rings. The molecule has 6 aromatic rings. The van der Waals surface area contributed by atoms with Crippen molar-refractivity contribution in [3.05, 3.63) is 80.6 Å². The number of amides is 3. The van der Waals surface area contributed by atoms with E-state index in [1.807, 2.05) is 55.2 Å². The van der Waals surface area contributed by atoms with Crippen LogP contribution in [-0.4, -0.2) is 107 Å². The fraction of sp³-hybridized carbons (Fsp3) is 0.405. The molecule has 0 saturated carbocycles. The van der Waals surface area contributed by atoms with Crippen LogP contribution in [0.5, 0.6) is 5.75 Å². The molecule has 2 aromatic carbocycles. The molecular weight excluding hydrogens is 833 g/mol. The summed E-state index contributed by atoms with van der Waals surface area (Å²) in [5.41, 5.74) is 16.2. The molecule has 0 aliphatic carbocycles. The number of primary amides is 2. The largest absolute Gasteiger partial charge is 0.491 e. The highest BCUT2D eigenvalue weighted by atomic mass is 32.2. The lowest BCUT2D eigenvalue weighted by molar-refractivity contribution is 0.0358. The van der Waals surface area contributed by atoms with E-state index in [1.165, 1.54) is 23.1 Å². The van der Waals surface area contributed by atoms with Crippen LogP contribution in [0, 0.1) is 13.8 Å². The number of carbonyl (C=O) groups excluding carboxylic acids is 3. The van der Waals surface area contributed by atoms with Gasteiger partial charge in [-0.2, -0.15) is 5.10 Å². The van der Waals surface area contributed by atoms with E-state index in [2.05, 4.69) is 25.6 Å². The topological polar surface area (TPSA) is 236 Å². The van der Waals surface area contributed by atoms with Crippen molar-refractivity contribution in [1.29, 1.82) is 0 Å². The summed E-state index contributed by atoms with van der Waals surface area (Å²) in [6.45, 7) is 12.9. The molecule has 7 N–H and O–H groups in total. The molecule has 4 aromatic heterocycles. The van der Waals surface area contributed by atoms with Crippen molar-refractivity contribution in [2.45, 2.75) is 71.3 Å². The van der Waals surface area contributed by atoms with Gasteiger partial charge in [-0.3, -0.25) is 29.3 Å². The van der Waals surface area contributed by atoms with E-state index in [0.717, 1.165) is 41.7 Å². The van der Waals surface area contributed by atoms with Crippen molar-refractivity contribution in [1.82, 2.24) is 38.8 Å². The molecule has 1 saturated heterocycles. The Balaban J connectivity index is 1.25. The second-order valence-electron chi connectivity index (χ2n) is 14.7. The zero-order chi connectivity index (χ0) is 44.1. The molecule has 0 radical (unpaired) electrons. The Hall–Kier alpha value is -5.80. The number of benzene rings is 2. The Labute approximate surface area is 366 Å². The van der Waals surface area contributed by atoms with Crippen LogP contribution >= 0.6 is 23.1 Å². The van der Waals surface area contributed by atoms with Crippen molar-refractivity contribution in [2.75, 3.05) is 56.3 Å². The van der Waals surface area contributed by atoms with Crippen molar-refractivity contribution < 1.29 is 29.0 Å². The van der Waals surface area contributed by atoms with E-state index in [9.17, 15) is 19.5 Å². The molecule has 0 spiro atoms. The number of anilines is 2. The number of carbonyl (C=O) groups is 3. The van der Waals surface area contributed by atoms with Gasteiger partial charge in [-0.1, -0.05) is 19.1 Å². The minimum Gasteiger partial charge on any atom is -0.491 e. The molecule has 1 atom stereocenters. The molecule has 1 aliphatic heterocycles. The SMILES string of the molecule is CCc1nc(C)sc1C(O)Nc1nc2cc(C(N)=O)cc(OCCCN3CCOCC3)c2n1C/C=C/Cn1c(NC(=O)c2cc(C)nn2CC)nc2cc(C(N)=O)cc(SC)c21. The maximum atomic E-state index is 13.7. The van der Waals surface area contributed by atoms with Crippen molar-refractivity contribution >= 4 is 74.8 Å². The Morgan fingerprint density at radius 2 is 1.61 bits per heavy atom. The Morgan fingerprint density at radius 1 is 0.952 bits per heavy atom. The van der Waals surface area contributed by atoms with E-state index in [1.54, 1.807) is 35.0 Å². The highest BCUT2D eigenvalue weighted by molar-refractivity contribution is 7.98. The van der Waals surface area contributed by atoms with Gasteiger partial charge >= 0.3 is 0 Å². The third-order valence-corrected chi connectivity index (χ3v) is 12.3. The normalized spacial score (nSPS) is 14.0. The van der Waals surface area contributed by atoms with Gasteiger partial charge in [-0.05, 0) is 70.2 Å². The first-order chi connectivity index (χ1) is 29.9. The van der Waals surface area contributed by atoms with Gasteiger partial charge in [0.15, 0.2) is 6.23 Å². The monoisotopic (exact) mass is 884 g/mol. The van der Waals surface area contributed by atoms with Gasteiger partial charge in [0.2, 0.25) is 23.7 Å². The zero-order valence-electron chi connectivity index (χ0n) is 35.4. The summed E-state index contributed by atoms with van der Waals surface area (Å²) in [7, 11) is 0. The second-order valence-corrected chi connectivity index (χ2v) is 16.8. The number of aliphatic hydroxyl groups excluding tert-OH is 1. The number of rotatable bonds is 19. The van der Waals surface area contributed by atoms with Gasteiger partial charge in [0.25, 0.3) is 5.91 Å². The van der Waals surface area contributed by atoms with Gasteiger partial charge in [0, 0.05) is 55.3 Å². The first kappa shape index (κ1) is 44.3. The number of aromatic nitrogens is 7. The molecule has 7 rings (SSSR count). The Kier molecular flexibility index (Phi) is 13.9. The van der Waals surface area contributed by atoms with E-state index in [-0.39, 0.29) is 30.5 Å². The highest BCUT2D eigenvalue weighted by Gasteiger charge is 2.24. The summed E-state index contributed by atoms with van der Waals surface area (Å²) in [5.74, 6) is -0.581. The Bertz CT molecular complexity index is 2640. The van der Waals surface area contributed by atoms with Gasteiger partial charge in [0.05, 0.1) is 57.6 Å². The number of morpholine rings is 1. The summed E-state index contributed by atoms with van der Waals surface area (Å²) in [6, 6.07) is 8.30. The summed E-state index contributed by atoms with van der Waals surface area (Å²) < 4.78 is 17.3. The third-order valence-electron chi connectivity index (χ3n) is 10.5. The number of hydrogen-bond donors (Lipinski definition) is 5. The van der Waals surface area contributed by atoms with Crippen LogP contribution in [0.3, 0.4) is 0 Å². The second kappa shape index (κ2) is 19.5. The lowest BCUT2D eigenvalue weighted by Gasteiger charge is -2.26. The van der Waals surface area contributed by atoms with Crippen LogP contribution in [-0.2, 0) is 30.8 Å². The number of fused-ring (bicyclic) bond motifs is 2. The minimum atomic E-state index is -1.13. The molecule has 1 unspecified atom stereocenters. The fourth-order valence-electron chi connectivity index (χ4n) is 7.50. The van der Waals surface area contributed by atoms with Crippen molar-refractivity contribution in [3.63, 3.8) is 0 Å². The van der Waals surface area contributed by atoms with Crippen molar-refractivity contribution in [3.8, 4) is 5.75 Å². The summed E-state index contributed by atoms with van der Waals surface area (Å²) >= 11 is 2.83. The first-order valence-corrected chi connectivity index (χ1v) is 22.5. The van der Waals surface area contributed by atoms with E-state index < -0.39 is 18.0 Å². The average molecular weight is 885 g/mol. The van der Waals surface area contributed by atoms with Crippen LogP contribution in [0.2, 0.25) is 0 Å². The summed E-state index contributed by atoms with van der Waals surface area (Å²) in [4.78, 5) is 56.6. The number of imidazole rings is 2. The number of thioether (sulfide) groups is 1. The molecule has 62 heavy (non-hydrogen) atoms. The molecule has 3 amide bonds. The summed E-state index contributed by atoms with van der Waals surface area (Å²) in [6.07, 6.45) is 6.00. The van der Waals surface area contributed by atoms with Crippen molar-refractivity contribution in [2.24, 2.45) is 11.5 Å². The predicted molar refractivity (Wildman–Crippen MR) is 240 cm³/mol. The number of aliphatic hydroxyl groups is 1. The molecule has 18 nitrogen and oxygen atoms in total. The smallest absolute Gasteiger partial charge is 0.276 e. The number of allylic oxidation sites excluding steroid dienone is 2. The number of aryl methyl sites for hydroxylation is 4. The van der Waals surface area contributed by atoms with E-state index >= 15 is 0 Å². The zero-order valence-corrected chi connectivity index (χ0v) is 37.1. The molecule has 1 fully saturated rings. The predicted octanol–water partition coefficient (Wildman–Crippen LogP) is 4.87. The highest BCUT2D eigenvalue weighted by Crippen LogP contribution is 2.35. The average Bonchev–Trinajstić information content (AvgIpc) is 4.03. The lowest BCUT2D eigenvalue weighted by Crippen LogP contribution is -2.37. The number of nitrogens with two attached hydrogens (primary N) is 2. The molecular formula is C42H52N12O6S2. The van der Waals surface area contributed by atoms with Crippen LogP contribution in [0.25, 0.3) is 22.1 Å². The number of hydrogen-bond acceptors (Lipinski definition) is 14. The van der Waals surface area contributed by atoms with E-state index in [4.69, 9.17) is 30.9 Å². The first-order valence-electron chi connectivity index (χ1n) is 20.5.